The fraction of sp³-hybridized carbons (Fsp3) is 0.391. The highest BCUT2D eigenvalue weighted by Gasteiger charge is 2.30. The van der Waals surface area contributed by atoms with E-state index in [4.69, 9.17) is 23.2 Å². The molecule has 2 aromatic carbocycles. The van der Waals surface area contributed by atoms with Gasteiger partial charge < -0.3 is 10.2 Å². The van der Waals surface area contributed by atoms with Crippen LogP contribution >= 0.6 is 23.2 Å². The van der Waals surface area contributed by atoms with Crippen LogP contribution in [0.5, 0.6) is 0 Å². The van der Waals surface area contributed by atoms with E-state index in [0.29, 0.717) is 22.0 Å². The van der Waals surface area contributed by atoms with E-state index in [1.165, 1.54) is 0 Å². The van der Waals surface area contributed by atoms with Crippen molar-refractivity contribution in [1.29, 1.82) is 0 Å². The smallest absolute Gasteiger partial charge is 0.243 e. The molecule has 0 saturated carbocycles. The third-order valence-corrected chi connectivity index (χ3v) is 5.68. The molecule has 0 radical (unpaired) electrons. The van der Waals surface area contributed by atoms with Gasteiger partial charge in [-0.3, -0.25) is 9.59 Å². The predicted octanol–water partition coefficient (Wildman–Crippen LogP) is 5.26. The normalized spacial score (nSPS) is 12.9. The summed E-state index contributed by atoms with van der Waals surface area (Å²) < 4.78 is 0. The van der Waals surface area contributed by atoms with Crippen LogP contribution in [0.4, 0.5) is 0 Å². The molecule has 0 saturated heterocycles. The van der Waals surface area contributed by atoms with E-state index in [9.17, 15) is 9.59 Å². The minimum absolute atomic E-state index is 0.0338. The molecule has 0 aliphatic heterocycles. The van der Waals surface area contributed by atoms with Gasteiger partial charge in [-0.25, -0.2) is 0 Å². The summed E-state index contributed by atoms with van der Waals surface area (Å²) in [5.41, 5.74) is 1.54. The van der Waals surface area contributed by atoms with Crippen molar-refractivity contribution in [3.63, 3.8) is 0 Å². The van der Waals surface area contributed by atoms with E-state index in [1.807, 2.05) is 51.1 Å². The SMILES string of the molecule is CC[C@@H](C)NC(=O)[C@@H](CC)N(Cc1c(Cl)cccc1Cl)C(=O)Cc1ccccc1. The van der Waals surface area contributed by atoms with Crippen molar-refractivity contribution in [3.8, 4) is 0 Å². The summed E-state index contributed by atoms with van der Waals surface area (Å²) in [5, 5.41) is 3.95. The van der Waals surface area contributed by atoms with Crippen molar-refractivity contribution in [2.75, 3.05) is 0 Å². The first-order valence-electron chi connectivity index (χ1n) is 9.94. The van der Waals surface area contributed by atoms with E-state index in [-0.39, 0.29) is 30.8 Å². The lowest BCUT2D eigenvalue weighted by molar-refractivity contribution is -0.141. The molecule has 2 amide bonds. The molecule has 2 atom stereocenters. The molecule has 6 heteroatoms. The zero-order chi connectivity index (χ0) is 21.4. The number of hydrogen-bond acceptors (Lipinski definition) is 2. The van der Waals surface area contributed by atoms with Crippen LogP contribution in [0.15, 0.2) is 48.5 Å². The van der Waals surface area contributed by atoms with Crippen LogP contribution in [0.2, 0.25) is 10.0 Å². The lowest BCUT2D eigenvalue weighted by Gasteiger charge is -2.32. The third kappa shape index (κ3) is 6.48. The van der Waals surface area contributed by atoms with E-state index in [1.54, 1.807) is 23.1 Å². The number of rotatable bonds is 9. The Hall–Kier alpha value is -2.04. The highest BCUT2D eigenvalue weighted by Crippen LogP contribution is 2.27. The second kappa shape index (κ2) is 11.2. The highest BCUT2D eigenvalue weighted by atomic mass is 35.5. The van der Waals surface area contributed by atoms with E-state index >= 15 is 0 Å². The Morgan fingerprint density at radius 3 is 2.14 bits per heavy atom. The highest BCUT2D eigenvalue weighted by molar-refractivity contribution is 6.36. The Morgan fingerprint density at radius 1 is 0.966 bits per heavy atom. The summed E-state index contributed by atoms with van der Waals surface area (Å²) in [6.45, 7) is 6.04. The van der Waals surface area contributed by atoms with Crippen LogP contribution in [-0.4, -0.2) is 28.8 Å². The van der Waals surface area contributed by atoms with Crippen LogP contribution in [0, 0.1) is 0 Å². The van der Waals surface area contributed by atoms with Gasteiger partial charge in [0.25, 0.3) is 0 Å². The van der Waals surface area contributed by atoms with Crippen LogP contribution in [0.1, 0.15) is 44.7 Å². The molecule has 4 nitrogen and oxygen atoms in total. The Morgan fingerprint density at radius 2 is 1.59 bits per heavy atom. The van der Waals surface area contributed by atoms with Crippen molar-refractivity contribution in [1.82, 2.24) is 10.2 Å². The quantitative estimate of drug-likeness (QED) is 0.584. The van der Waals surface area contributed by atoms with Gasteiger partial charge in [-0.05, 0) is 37.5 Å². The maximum atomic E-state index is 13.3. The van der Waals surface area contributed by atoms with E-state index in [0.717, 1.165) is 12.0 Å². The minimum Gasteiger partial charge on any atom is -0.352 e. The molecule has 0 fully saturated rings. The molecule has 156 valence electrons. The number of carbonyl (C=O) groups excluding carboxylic acids is 2. The Balaban J connectivity index is 2.35. The number of carbonyl (C=O) groups is 2. The van der Waals surface area contributed by atoms with Crippen LogP contribution in [0.25, 0.3) is 0 Å². The Kier molecular flexibility index (Phi) is 8.99. The van der Waals surface area contributed by atoms with Gasteiger partial charge in [0.15, 0.2) is 0 Å². The first kappa shape index (κ1) is 23.2. The topological polar surface area (TPSA) is 49.4 Å². The van der Waals surface area contributed by atoms with Crippen molar-refractivity contribution in [2.24, 2.45) is 0 Å². The number of benzene rings is 2. The van der Waals surface area contributed by atoms with Gasteiger partial charge in [-0.15, -0.1) is 0 Å². The van der Waals surface area contributed by atoms with Crippen molar-refractivity contribution in [2.45, 2.75) is 58.7 Å². The van der Waals surface area contributed by atoms with Crippen molar-refractivity contribution in [3.05, 3.63) is 69.7 Å². The van der Waals surface area contributed by atoms with Crippen molar-refractivity contribution >= 4 is 35.0 Å². The van der Waals surface area contributed by atoms with Crippen molar-refractivity contribution < 1.29 is 9.59 Å². The molecular weight excluding hydrogens is 407 g/mol. The first-order chi connectivity index (χ1) is 13.9. The monoisotopic (exact) mass is 434 g/mol. The average molecular weight is 435 g/mol. The summed E-state index contributed by atoms with van der Waals surface area (Å²) in [4.78, 5) is 27.8. The van der Waals surface area contributed by atoms with Gasteiger partial charge in [-0.2, -0.15) is 0 Å². The lowest BCUT2D eigenvalue weighted by Crippen LogP contribution is -2.51. The summed E-state index contributed by atoms with van der Waals surface area (Å²) >= 11 is 12.7. The molecule has 1 N–H and O–H groups in total. The maximum Gasteiger partial charge on any atom is 0.243 e. The Bertz CT molecular complexity index is 807. The molecule has 2 rings (SSSR count). The number of amides is 2. The van der Waals surface area contributed by atoms with E-state index < -0.39 is 6.04 Å². The summed E-state index contributed by atoms with van der Waals surface area (Å²) in [6, 6.07) is 14.2. The van der Waals surface area contributed by atoms with Crippen LogP contribution < -0.4 is 5.32 Å². The molecule has 0 aliphatic rings. The molecule has 0 aliphatic carbocycles. The van der Waals surface area contributed by atoms with Gasteiger partial charge in [0, 0.05) is 28.2 Å². The number of nitrogens with one attached hydrogen (secondary N) is 1. The lowest BCUT2D eigenvalue weighted by atomic mass is 10.1. The number of halogens is 2. The zero-order valence-electron chi connectivity index (χ0n) is 17.1. The molecular formula is C23H28Cl2N2O2. The molecule has 0 heterocycles. The molecule has 0 unspecified atom stereocenters. The van der Waals surface area contributed by atoms with Gasteiger partial charge in [0.05, 0.1) is 6.42 Å². The summed E-state index contributed by atoms with van der Waals surface area (Å²) in [7, 11) is 0. The number of hydrogen-bond donors (Lipinski definition) is 1. The third-order valence-electron chi connectivity index (χ3n) is 4.98. The molecule has 0 aromatic heterocycles. The van der Waals surface area contributed by atoms with Gasteiger partial charge in [0.2, 0.25) is 11.8 Å². The second-order valence-corrected chi connectivity index (χ2v) is 7.94. The minimum atomic E-state index is -0.604. The molecule has 29 heavy (non-hydrogen) atoms. The standard InChI is InChI=1S/C23H28Cl2N2O2/c1-4-16(3)26-23(29)21(5-2)27(15-18-19(24)12-9-13-20(18)25)22(28)14-17-10-7-6-8-11-17/h6-13,16,21H,4-5,14-15H2,1-3H3,(H,26,29)/t16-,21-/m1/s1. The summed E-state index contributed by atoms with van der Waals surface area (Å²) in [6.07, 6.45) is 1.51. The van der Waals surface area contributed by atoms with Gasteiger partial charge >= 0.3 is 0 Å². The molecule has 2 aromatic rings. The average Bonchev–Trinajstić information content (AvgIpc) is 2.70. The van der Waals surface area contributed by atoms with Gasteiger partial charge in [0.1, 0.15) is 6.04 Å². The van der Waals surface area contributed by atoms with E-state index in [2.05, 4.69) is 5.32 Å². The van der Waals surface area contributed by atoms with Gasteiger partial charge in [-0.1, -0.05) is 73.4 Å². The van der Waals surface area contributed by atoms with Crippen LogP contribution in [0.3, 0.4) is 0 Å². The largest absolute Gasteiger partial charge is 0.352 e. The summed E-state index contributed by atoms with van der Waals surface area (Å²) in [5.74, 6) is -0.301. The zero-order valence-corrected chi connectivity index (χ0v) is 18.6. The Labute approximate surface area is 183 Å². The second-order valence-electron chi connectivity index (χ2n) is 7.13. The fourth-order valence-corrected chi connectivity index (χ4v) is 3.60. The predicted molar refractivity (Wildman–Crippen MR) is 119 cm³/mol. The maximum absolute atomic E-state index is 13.3. The number of nitrogens with zero attached hydrogens (tertiary/aromatic N) is 1. The fourth-order valence-electron chi connectivity index (χ4n) is 3.09. The molecule has 0 spiro atoms. The molecule has 0 bridgehead atoms. The first-order valence-corrected chi connectivity index (χ1v) is 10.7. The van der Waals surface area contributed by atoms with Crippen LogP contribution in [-0.2, 0) is 22.6 Å².